The minimum Gasteiger partial charge on any atom is -0.366 e. The smallest absolute Gasteiger partial charge is 0.251 e. The van der Waals surface area contributed by atoms with Gasteiger partial charge < -0.3 is 16.0 Å². The van der Waals surface area contributed by atoms with Crippen molar-refractivity contribution in [3.05, 3.63) is 22.4 Å². The van der Waals surface area contributed by atoms with Gasteiger partial charge in [0.15, 0.2) is 0 Å². The molecule has 2 saturated heterocycles. The Morgan fingerprint density at radius 3 is 3.17 bits per heavy atom. The van der Waals surface area contributed by atoms with Gasteiger partial charge in [-0.25, -0.2) is 4.98 Å². The van der Waals surface area contributed by atoms with Gasteiger partial charge in [0.05, 0.1) is 17.4 Å². The largest absolute Gasteiger partial charge is 0.366 e. The highest BCUT2D eigenvalue weighted by molar-refractivity contribution is 9.10. The lowest BCUT2D eigenvalue weighted by Gasteiger charge is -2.52. The number of rotatable bonds is 2. The van der Waals surface area contributed by atoms with E-state index < -0.39 is 5.91 Å². The highest BCUT2D eigenvalue weighted by Crippen LogP contribution is 2.35. The maximum absolute atomic E-state index is 11.3. The summed E-state index contributed by atoms with van der Waals surface area (Å²) in [6, 6.07) is 2.35. The van der Waals surface area contributed by atoms with Gasteiger partial charge in [0, 0.05) is 19.1 Å². The molecule has 2 aliphatic heterocycles. The number of amides is 1. The quantitative estimate of drug-likeness (QED) is 0.791. The zero-order valence-corrected chi connectivity index (χ0v) is 11.5. The lowest BCUT2D eigenvalue weighted by Crippen LogP contribution is -2.63. The number of nitrogens with one attached hydrogen (secondary N) is 1. The maximum Gasteiger partial charge on any atom is 0.251 e. The lowest BCUT2D eigenvalue weighted by molar-refractivity contribution is 0.0999. The SMILES string of the molecule is NC(=O)c1cc(N2C[C@@H]3CCNC[C@@H]32)cnc1Br. The molecule has 1 aromatic heterocycles. The van der Waals surface area contributed by atoms with Gasteiger partial charge in [0.25, 0.3) is 5.91 Å². The molecule has 2 atom stereocenters. The van der Waals surface area contributed by atoms with Crippen LogP contribution in [0.4, 0.5) is 5.69 Å². The summed E-state index contributed by atoms with van der Waals surface area (Å²) in [5, 5.41) is 3.40. The molecule has 3 rings (SSSR count). The van der Waals surface area contributed by atoms with E-state index in [9.17, 15) is 4.79 Å². The lowest BCUT2D eigenvalue weighted by atomic mass is 9.83. The molecule has 0 aliphatic carbocycles. The van der Waals surface area contributed by atoms with E-state index in [-0.39, 0.29) is 0 Å². The highest BCUT2D eigenvalue weighted by atomic mass is 79.9. The number of hydrogen-bond acceptors (Lipinski definition) is 4. The van der Waals surface area contributed by atoms with Crippen LogP contribution in [-0.4, -0.2) is 36.6 Å². The van der Waals surface area contributed by atoms with Crippen molar-refractivity contribution in [3.63, 3.8) is 0 Å². The van der Waals surface area contributed by atoms with Gasteiger partial charge in [-0.3, -0.25) is 4.79 Å². The van der Waals surface area contributed by atoms with Gasteiger partial charge in [0.2, 0.25) is 0 Å². The van der Waals surface area contributed by atoms with Gasteiger partial charge in [-0.05, 0) is 40.9 Å². The van der Waals surface area contributed by atoms with Crippen LogP contribution in [0.1, 0.15) is 16.8 Å². The summed E-state index contributed by atoms with van der Waals surface area (Å²) in [6.07, 6.45) is 3.02. The Bertz CT molecular complexity index is 493. The molecule has 3 heterocycles. The molecule has 96 valence electrons. The topological polar surface area (TPSA) is 71.2 Å². The fourth-order valence-electron chi connectivity index (χ4n) is 2.79. The predicted octanol–water partition coefficient (Wildman–Crippen LogP) is 0.741. The van der Waals surface area contributed by atoms with Gasteiger partial charge in [0.1, 0.15) is 4.60 Å². The number of hydrogen-bond donors (Lipinski definition) is 2. The zero-order valence-electron chi connectivity index (χ0n) is 9.90. The Balaban J connectivity index is 1.85. The van der Waals surface area contributed by atoms with E-state index in [0.29, 0.717) is 16.2 Å². The maximum atomic E-state index is 11.3. The van der Waals surface area contributed by atoms with E-state index in [1.165, 1.54) is 6.42 Å². The van der Waals surface area contributed by atoms with E-state index >= 15 is 0 Å². The normalized spacial score (nSPS) is 26.4. The Kier molecular flexibility index (Phi) is 2.99. The van der Waals surface area contributed by atoms with Crippen LogP contribution in [0, 0.1) is 5.92 Å². The first-order valence-electron chi connectivity index (χ1n) is 6.09. The van der Waals surface area contributed by atoms with Crippen LogP contribution in [0.15, 0.2) is 16.9 Å². The van der Waals surface area contributed by atoms with Crippen LogP contribution in [0.5, 0.6) is 0 Å². The average molecular weight is 311 g/mol. The molecule has 0 aromatic carbocycles. The molecule has 2 fully saturated rings. The Morgan fingerprint density at radius 2 is 2.44 bits per heavy atom. The van der Waals surface area contributed by atoms with Crippen LogP contribution in [0.3, 0.4) is 0 Å². The summed E-state index contributed by atoms with van der Waals surface area (Å²) in [4.78, 5) is 17.8. The van der Waals surface area contributed by atoms with Crippen molar-refractivity contribution in [2.45, 2.75) is 12.5 Å². The zero-order chi connectivity index (χ0) is 12.7. The molecular formula is C12H15BrN4O. The van der Waals surface area contributed by atoms with Crippen molar-refractivity contribution in [1.29, 1.82) is 0 Å². The molecular weight excluding hydrogens is 296 g/mol. The molecule has 1 amide bonds. The van der Waals surface area contributed by atoms with Crippen molar-refractivity contribution in [2.75, 3.05) is 24.5 Å². The predicted molar refractivity (Wildman–Crippen MR) is 72.6 cm³/mol. The Morgan fingerprint density at radius 1 is 1.61 bits per heavy atom. The summed E-state index contributed by atoms with van der Waals surface area (Å²) >= 11 is 3.25. The molecule has 3 N–H and O–H groups in total. The number of halogens is 1. The summed E-state index contributed by atoms with van der Waals surface area (Å²) < 4.78 is 0.512. The number of carbonyl (C=O) groups is 1. The second-order valence-electron chi connectivity index (χ2n) is 4.87. The number of anilines is 1. The molecule has 1 aromatic rings. The van der Waals surface area contributed by atoms with Crippen molar-refractivity contribution >= 4 is 27.5 Å². The number of fused-ring (bicyclic) bond motifs is 1. The summed E-state index contributed by atoms with van der Waals surface area (Å²) in [5.41, 5.74) is 6.76. The van der Waals surface area contributed by atoms with Crippen LogP contribution in [0.2, 0.25) is 0 Å². The number of nitrogens with two attached hydrogens (primary N) is 1. The van der Waals surface area contributed by atoms with Crippen molar-refractivity contribution < 1.29 is 4.79 Å². The van der Waals surface area contributed by atoms with Crippen molar-refractivity contribution in [1.82, 2.24) is 10.3 Å². The van der Waals surface area contributed by atoms with E-state index in [1.54, 1.807) is 6.20 Å². The number of piperidine rings is 1. The van der Waals surface area contributed by atoms with E-state index in [4.69, 9.17) is 5.73 Å². The summed E-state index contributed by atoms with van der Waals surface area (Å²) in [7, 11) is 0. The average Bonchev–Trinajstić information content (AvgIpc) is 2.32. The van der Waals surface area contributed by atoms with Crippen LogP contribution in [0.25, 0.3) is 0 Å². The molecule has 0 spiro atoms. The number of carbonyl (C=O) groups excluding carboxylic acids is 1. The molecule has 0 saturated carbocycles. The third-order valence-corrected chi connectivity index (χ3v) is 4.47. The summed E-state index contributed by atoms with van der Waals surface area (Å²) in [5.74, 6) is 0.321. The van der Waals surface area contributed by atoms with E-state index in [2.05, 4.69) is 31.1 Å². The second kappa shape index (κ2) is 4.51. The molecule has 2 aliphatic rings. The monoisotopic (exact) mass is 310 g/mol. The van der Waals surface area contributed by atoms with E-state index in [1.807, 2.05) is 6.07 Å². The standard InChI is InChI=1S/C12H15BrN4O/c13-11-9(12(14)18)3-8(4-16-11)17-6-7-1-2-15-5-10(7)17/h3-4,7,10,15H,1-2,5-6H2,(H2,14,18)/t7-,10-/m0/s1. The molecule has 0 unspecified atom stereocenters. The second-order valence-corrected chi connectivity index (χ2v) is 5.62. The molecule has 6 heteroatoms. The van der Waals surface area contributed by atoms with Gasteiger partial charge >= 0.3 is 0 Å². The molecule has 5 nitrogen and oxygen atoms in total. The minimum absolute atomic E-state index is 0.444. The Hall–Kier alpha value is -1.14. The minimum atomic E-state index is -0.449. The first-order valence-corrected chi connectivity index (χ1v) is 6.89. The van der Waals surface area contributed by atoms with Crippen LogP contribution < -0.4 is 16.0 Å². The molecule has 0 bridgehead atoms. The number of nitrogens with zero attached hydrogens (tertiary/aromatic N) is 2. The molecule has 0 radical (unpaired) electrons. The fourth-order valence-corrected chi connectivity index (χ4v) is 3.20. The van der Waals surface area contributed by atoms with Gasteiger partial charge in [-0.15, -0.1) is 0 Å². The number of aromatic nitrogens is 1. The first-order chi connectivity index (χ1) is 8.66. The van der Waals surface area contributed by atoms with Gasteiger partial charge in [-0.1, -0.05) is 0 Å². The first kappa shape index (κ1) is 11.9. The van der Waals surface area contributed by atoms with Crippen molar-refractivity contribution in [3.8, 4) is 0 Å². The summed E-state index contributed by atoms with van der Waals surface area (Å²) in [6.45, 7) is 3.17. The number of primary amides is 1. The third kappa shape index (κ3) is 1.89. The van der Waals surface area contributed by atoms with Crippen LogP contribution >= 0.6 is 15.9 Å². The molecule has 18 heavy (non-hydrogen) atoms. The third-order valence-electron chi connectivity index (χ3n) is 3.84. The van der Waals surface area contributed by atoms with Gasteiger partial charge in [-0.2, -0.15) is 0 Å². The fraction of sp³-hybridized carbons (Fsp3) is 0.500. The number of pyridine rings is 1. The Labute approximate surface area is 114 Å². The highest BCUT2D eigenvalue weighted by Gasteiger charge is 2.40. The van der Waals surface area contributed by atoms with Crippen molar-refractivity contribution in [2.24, 2.45) is 11.7 Å². The van der Waals surface area contributed by atoms with E-state index in [0.717, 1.165) is 31.2 Å². The van der Waals surface area contributed by atoms with Crippen LogP contribution in [-0.2, 0) is 0 Å².